The third-order valence-electron chi connectivity index (χ3n) is 1.84. The molecule has 0 aliphatic carbocycles. The maximum Gasteiger partial charge on any atom is 0.164 e. The third-order valence-corrected chi connectivity index (χ3v) is 1.84. The lowest BCUT2D eigenvalue weighted by molar-refractivity contribution is -0.424. The predicted octanol–water partition coefficient (Wildman–Crippen LogP) is 1.83. The van der Waals surface area contributed by atoms with Crippen LogP contribution in [0, 0.1) is 5.21 Å². The normalized spacial score (nSPS) is 12.5. The van der Waals surface area contributed by atoms with Crippen molar-refractivity contribution < 1.29 is 4.74 Å². The third kappa shape index (κ3) is 2.38. The van der Waals surface area contributed by atoms with Crippen LogP contribution < -0.4 is 0 Å². The van der Waals surface area contributed by atoms with E-state index >= 15 is 0 Å². The van der Waals surface area contributed by atoms with Gasteiger partial charge in [0, 0.05) is 6.92 Å². The summed E-state index contributed by atoms with van der Waals surface area (Å²) in [6, 6.07) is 9.97. The highest BCUT2D eigenvalue weighted by Crippen LogP contribution is 2.00. The smallest absolute Gasteiger partial charge is 0.164 e. The highest BCUT2D eigenvalue weighted by Gasteiger charge is 1.99. The van der Waals surface area contributed by atoms with Crippen LogP contribution in [0.25, 0.3) is 0 Å². The van der Waals surface area contributed by atoms with Gasteiger partial charge in [-0.2, -0.15) is 0 Å². The van der Waals surface area contributed by atoms with Gasteiger partial charge < -0.3 is 5.21 Å². The Morgan fingerprint density at radius 2 is 1.92 bits per heavy atom. The summed E-state index contributed by atoms with van der Waals surface area (Å²) < 4.78 is 0.910. The van der Waals surface area contributed by atoms with Gasteiger partial charge in [-0.3, -0.25) is 0 Å². The second-order valence-corrected chi connectivity index (χ2v) is 2.90. The van der Waals surface area contributed by atoms with E-state index in [2.05, 4.69) is 0 Å². The van der Waals surface area contributed by atoms with Crippen LogP contribution >= 0.6 is 0 Å². The van der Waals surface area contributed by atoms with Gasteiger partial charge in [0.05, 0.1) is 6.42 Å². The van der Waals surface area contributed by atoms with Gasteiger partial charge in [-0.05, 0) is 5.56 Å². The fourth-order valence-corrected chi connectivity index (χ4v) is 1.00. The number of hydrogen-bond acceptors (Lipinski definition) is 1. The van der Waals surface area contributed by atoms with E-state index in [4.69, 9.17) is 0 Å². The summed E-state index contributed by atoms with van der Waals surface area (Å²) >= 11 is 0. The second-order valence-electron chi connectivity index (χ2n) is 2.90. The van der Waals surface area contributed by atoms with E-state index in [1.165, 1.54) is 12.6 Å². The van der Waals surface area contributed by atoms with Crippen molar-refractivity contribution in [2.45, 2.75) is 13.3 Å². The molecular weight excluding hydrogens is 150 g/mol. The van der Waals surface area contributed by atoms with Gasteiger partial charge in [0.15, 0.2) is 5.71 Å². The van der Waals surface area contributed by atoms with E-state index in [0.717, 1.165) is 16.9 Å². The highest BCUT2D eigenvalue weighted by molar-refractivity contribution is 5.79. The van der Waals surface area contributed by atoms with Gasteiger partial charge in [0.1, 0.15) is 7.05 Å². The van der Waals surface area contributed by atoms with Gasteiger partial charge >= 0.3 is 0 Å². The molecule has 0 N–H and O–H groups in total. The zero-order valence-corrected chi connectivity index (χ0v) is 7.45. The Kier molecular flexibility index (Phi) is 2.86. The van der Waals surface area contributed by atoms with Crippen molar-refractivity contribution in [3.8, 4) is 0 Å². The maximum absolute atomic E-state index is 10.8. The largest absolute Gasteiger partial charge is 0.624 e. The van der Waals surface area contributed by atoms with E-state index in [9.17, 15) is 5.21 Å². The Labute approximate surface area is 72.7 Å². The maximum atomic E-state index is 10.8. The average molecular weight is 163 g/mol. The molecule has 0 spiro atoms. The number of nitrogens with zero attached hydrogens (tertiary/aromatic N) is 1. The van der Waals surface area contributed by atoms with E-state index in [1.807, 2.05) is 37.3 Å². The minimum absolute atomic E-state index is 0.737. The molecule has 0 heterocycles. The summed E-state index contributed by atoms with van der Waals surface area (Å²) in [5.74, 6) is 0. The van der Waals surface area contributed by atoms with Crippen molar-refractivity contribution in [3.05, 3.63) is 41.1 Å². The topological polar surface area (TPSA) is 26.1 Å². The first-order valence-electron chi connectivity index (χ1n) is 3.97. The molecule has 0 atom stereocenters. The van der Waals surface area contributed by atoms with E-state index in [-0.39, 0.29) is 0 Å². The summed E-state index contributed by atoms with van der Waals surface area (Å²) in [7, 11) is 1.53. The molecule has 0 saturated heterocycles. The van der Waals surface area contributed by atoms with Gasteiger partial charge in [-0.15, -0.1) is 0 Å². The lowest BCUT2D eigenvalue weighted by atomic mass is 10.1. The van der Waals surface area contributed by atoms with Crippen LogP contribution in [0.4, 0.5) is 0 Å². The van der Waals surface area contributed by atoms with Crippen LogP contribution in [0.2, 0.25) is 0 Å². The number of hydroxylamine groups is 1. The van der Waals surface area contributed by atoms with Gasteiger partial charge in [0.2, 0.25) is 0 Å². The molecule has 0 amide bonds. The summed E-state index contributed by atoms with van der Waals surface area (Å²) in [6.45, 7) is 1.85. The quantitative estimate of drug-likeness (QED) is 0.283. The zero-order valence-electron chi connectivity index (χ0n) is 7.45. The second kappa shape index (κ2) is 3.90. The van der Waals surface area contributed by atoms with E-state index in [0.29, 0.717) is 0 Å². The molecule has 0 aromatic heterocycles. The van der Waals surface area contributed by atoms with E-state index < -0.39 is 0 Å². The Hall–Kier alpha value is -1.31. The molecule has 0 radical (unpaired) electrons. The molecule has 1 rings (SSSR count). The molecule has 0 unspecified atom stereocenters. The van der Waals surface area contributed by atoms with Crippen molar-refractivity contribution in [2.75, 3.05) is 7.05 Å². The van der Waals surface area contributed by atoms with Gasteiger partial charge in [0.25, 0.3) is 0 Å². The fourth-order valence-electron chi connectivity index (χ4n) is 1.00. The van der Waals surface area contributed by atoms with Crippen molar-refractivity contribution >= 4 is 5.71 Å². The Balaban J connectivity index is 2.72. The lowest BCUT2D eigenvalue weighted by Gasteiger charge is -2.02. The molecule has 0 aliphatic rings. The molecule has 2 heteroatoms. The summed E-state index contributed by atoms with van der Waals surface area (Å²) in [5.41, 5.74) is 2.01. The standard InChI is InChI=1S/C10H13NO/c1-9(11(2)12)8-10-6-4-3-5-7-10/h3-7H,8H2,1-2H3/b11-9-. The molecule has 0 aliphatic heterocycles. The average Bonchev–Trinajstić information content (AvgIpc) is 2.06. The van der Waals surface area contributed by atoms with Crippen LogP contribution in [-0.4, -0.2) is 17.5 Å². The Bertz CT molecular complexity index is 273. The van der Waals surface area contributed by atoms with Crippen LogP contribution in [0.15, 0.2) is 30.3 Å². The Morgan fingerprint density at radius 1 is 1.33 bits per heavy atom. The van der Waals surface area contributed by atoms with Crippen molar-refractivity contribution in [1.82, 2.24) is 0 Å². The van der Waals surface area contributed by atoms with Crippen molar-refractivity contribution in [2.24, 2.45) is 0 Å². The summed E-state index contributed by atoms with van der Waals surface area (Å²) in [4.78, 5) is 0. The highest BCUT2D eigenvalue weighted by atomic mass is 16.5. The minimum atomic E-state index is 0.737. The first kappa shape index (κ1) is 8.78. The lowest BCUT2D eigenvalue weighted by Crippen LogP contribution is -2.10. The molecule has 2 nitrogen and oxygen atoms in total. The van der Waals surface area contributed by atoms with Crippen LogP contribution in [-0.2, 0) is 6.42 Å². The number of benzene rings is 1. The molecule has 0 bridgehead atoms. The molecule has 0 fully saturated rings. The fraction of sp³-hybridized carbons (Fsp3) is 0.300. The monoisotopic (exact) mass is 163 g/mol. The molecular formula is C10H13NO. The van der Waals surface area contributed by atoms with Crippen molar-refractivity contribution in [1.29, 1.82) is 0 Å². The molecule has 12 heavy (non-hydrogen) atoms. The minimum Gasteiger partial charge on any atom is -0.624 e. The first-order chi connectivity index (χ1) is 5.70. The van der Waals surface area contributed by atoms with Gasteiger partial charge in [-0.25, -0.2) is 4.74 Å². The molecule has 1 aromatic rings. The first-order valence-corrected chi connectivity index (χ1v) is 3.97. The molecule has 1 aromatic carbocycles. The molecule has 64 valence electrons. The number of rotatable bonds is 2. The zero-order chi connectivity index (χ0) is 8.97. The van der Waals surface area contributed by atoms with Crippen LogP contribution in [0.5, 0.6) is 0 Å². The van der Waals surface area contributed by atoms with Crippen molar-refractivity contribution in [3.63, 3.8) is 0 Å². The summed E-state index contributed by atoms with van der Waals surface area (Å²) in [5, 5.41) is 10.8. The van der Waals surface area contributed by atoms with Gasteiger partial charge in [-0.1, -0.05) is 30.3 Å². The van der Waals surface area contributed by atoms with Crippen LogP contribution in [0.1, 0.15) is 12.5 Å². The van der Waals surface area contributed by atoms with Crippen LogP contribution in [0.3, 0.4) is 0 Å². The molecule has 0 saturated carbocycles. The predicted molar refractivity (Wildman–Crippen MR) is 50.4 cm³/mol. The summed E-state index contributed by atoms with van der Waals surface area (Å²) in [6.07, 6.45) is 0.737. The SMILES string of the molecule is C/C(Cc1ccccc1)=[N+](\C)[O-]. The number of hydrogen-bond donors (Lipinski definition) is 0. The Morgan fingerprint density at radius 3 is 2.42 bits per heavy atom. The van der Waals surface area contributed by atoms with E-state index in [1.54, 1.807) is 0 Å².